The summed E-state index contributed by atoms with van der Waals surface area (Å²) >= 11 is 0. The molecule has 2 heterocycles. The molecule has 1 amide bonds. The van der Waals surface area contributed by atoms with Crippen LogP contribution in [0.25, 0.3) is 0 Å². The standard InChI is InChI=1S/C16H21F3N4O3/c1-3-26-14(25)15(16(17,18)19,23-9-7-22(2)8-10-23)21-13(24)12-5-4-6-20-11-12/h4-6,11H,3,7-10H2,1-2H3,(H,21,24). The smallest absolute Gasteiger partial charge is 0.436 e. The van der Waals surface area contributed by atoms with Gasteiger partial charge in [0.05, 0.1) is 12.2 Å². The van der Waals surface area contributed by atoms with Crippen LogP contribution >= 0.6 is 0 Å². The predicted molar refractivity (Wildman–Crippen MR) is 86.2 cm³/mol. The fraction of sp³-hybridized carbons (Fsp3) is 0.562. The Bertz CT molecular complexity index is 633. The van der Waals surface area contributed by atoms with E-state index in [2.05, 4.69) is 4.98 Å². The number of pyridine rings is 1. The molecule has 1 aliphatic rings. The van der Waals surface area contributed by atoms with Gasteiger partial charge >= 0.3 is 12.1 Å². The molecule has 1 atom stereocenters. The molecular weight excluding hydrogens is 353 g/mol. The second-order valence-corrected chi connectivity index (χ2v) is 5.91. The number of likely N-dealkylation sites (N-methyl/N-ethyl adjacent to an activating group) is 1. The highest BCUT2D eigenvalue weighted by Crippen LogP contribution is 2.36. The van der Waals surface area contributed by atoms with Gasteiger partial charge in [-0.15, -0.1) is 0 Å². The Labute approximate surface area is 149 Å². The third-order valence-corrected chi connectivity index (χ3v) is 4.18. The number of halogens is 3. The van der Waals surface area contributed by atoms with Crippen molar-refractivity contribution in [1.82, 2.24) is 20.1 Å². The lowest BCUT2D eigenvalue weighted by Gasteiger charge is -2.45. The Kier molecular flexibility index (Phi) is 6.19. The quantitative estimate of drug-likeness (QED) is 0.772. The molecule has 0 spiro atoms. The first-order valence-electron chi connectivity index (χ1n) is 8.12. The number of alkyl halides is 3. The Hall–Kier alpha value is -2.20. The van der Waals surface area contributed by atoms with Gasteiger partial charge in [-0.3, -0.25) is 14.7 Å². The van der Waals surface area contributed by atoms with Crippen LogP contribution in [0.5, 0.6) is 0 Å². The largest absolute Gasteiger partial charge is 0.463 e. The lowest BCUT2D eigenvalue weighted by atomic mass is 10.0. The molecule has 1 saturated heterocycles. The van der Waals surface area contributed by atoms with E-state index in [0.717, 1.165) is 11.1 Å². The maximum Gasteiger partial charge on any atom is 0.436 e. The van der Waals surface area contributed by atoms with Crippen LogP contribution in [0.15, 0.2) is 24.5 Å². The molecule has 0 aromatic carbocycles. The van der Waals surface area contributed by atoms with Gasteiger partial charge in [-0.1, -0.05) is 0 Å². The van der Waals surface area contributed by atoms with Gasteiger partial charge in [-0.25, -0.2) is 4.79 Å². The zero-order valence-electron chi connectivity index (χ0n) is 14.5. The molecular formula is C16H21F3N4O3. The van der Waals surface area contributed by atoms with Gasteiger partial charge in [0.2, 0.25) is 0 Å². The number of hydrogen-bond acceptors (Lipinski definition) is 6. The van der Waals surface area contributed by atoms with E-state index < -0.39 is 23.7 Å². The van der Waals surface area contributed by atoms with Crippen molar-refractivity contribution in [3.05, 3.63) is 30.1 Å². The van der Waals surface area contributed by atoms with Gasteiger partial charge in [0.1, 0.15) is 0 Å². The molecule has 2 rings (SSSR count). The third-order valence-electron chi connectivity index (χ3n) is 4.18. The minimum absolute atomic E-state index is 0.0534. The van der Waals surface area contributed by atoms with E-state index in [9.17, 15) is 22.8 Å². The fourth-order valence-corrected chi connectivity index (χ4v) is 2.74. The second-order valence-electron chi connectivity index (χ2n) is 5.91. The highest BCUT2D eigenvalue weighted by atomic mass is 19.4. The van der Waals surface area contributed by atoms with Crippen molar-refractivity contribution in [1.29, 1.82) is 0 Å². The first-order valence-corrected chi connectivity index (χ1v) is 8.12. The molecule has 0 bridgehead atoms. The van der Waals surface area contributed by atoms with Crippen LogP contribution in [0, 0.1) is 0 Å². The first-order chi connectivity index (χ1) is 12.2. The summed E-state index contributed by atoms with van der Waals surface area (Å²) in [6, 6.07) is 2.74. The minimum Gasteiger partial charge on any atom is -0.463 e. The number of piperazine rings is 1. The van der Waals surface area contributed by atoms with Crippen LogP contribution in [-0.4, -0.2) is 78.3 Å². The SMILES string of the molecule is CCOC(=O)C(NC(=O)c1cccnc1)(N1CCN(C)CC1)C(F)(F)F. The van der Waals surface area contributed by atoms with Crippen molar-refractivity contribution in [3.63, 3.8) is 0 Å². The number of nitrogens with one attached hydrogen (secondary N) is 1. The van der Waals surface area contributed by atoms with Gasteiger partial charge in [0.15, 0.2) is 0 Å². The van der Waals surface area contributed by atoms with Crippen LogP contribution < -0.4 is 5.32 Å². The number of nitrogens with zero attached hydrogens (tertiary/aromatic N) is 3. The van der Waals surface area contributed by atoms with Gasteiger partial charge < -0.3 is 15.0 Å². The number of rotatable bonds is 5. The van der Waals surface area contributed by atoms with Crippen LogP contribution in [-0.2, 0) is 9.53 Å². The number of carbonyl (C=O) groups excluding carboxylic acids is 2. The first kappa shape index (κ1) is 20.1. The number of amides is 1. The number of hydrogen-bond donors (Lipinski definition) is 1. The van der Waals surface area contributed by atoms with Gasteiger partial charge in [0.25, 0.3) is 11.6 Å². The molecule has 1 aromatic rings. The van der Waals surface area contributed by atoms with E-state index in [4.69, 9.17) is 4.74 Å². The fourth-order valence-electron chi connectivity index (χ4n) is 2.74. The van der Waals surface area contributed by atoms with Crippen LogP contribution in [0.4, 0.5) is 13.2 Å². The monoisotopic (exact) mass is 374 g/mol. The van der Waals surface area contributed by atoms with E-state index in [1.54, 1.807) is 7.05 Å². The summed E-state index contributed by atoms with van der Waals surface area (Å²) in [5, 5.41) is 1.88. The zero-order chi connectivity index (χ0) is 19.4. The molecule has 7 nitrogen and oxygen atoms in total. The Morgan fingerprint density at radius 2 is 1.92 bits per heavy atom. The van der Waals surface area contributed by atoms with Crippen molar-refractivity contribution in [3.8, 4) is 0 Å². The number of aromatic nitrogens is 1. The van der Waals surface area contributed by atoms with E-state index in [1.807, 2.05) is 10.2 Å². The zero-order valence-corrected chi connectivity index (χ0v) is 14.5. The van der Waals surface area contributed by atoms with E-state index in [1.165, 1.54) is 25.3 Å². The molecule has 0 saturated carbocycles. The lowest BCUT2D eigenvalue weighted by Crippen LogP contribution is -2.75. The van der Waals surface area contributed by atoms with Gasteiger partial charge in [0, 0.05) is 38.6 Å². The normalized spacial score (nSPS) is 18.8. The van der Waals surface area contributed by atoms with Crippen molar-refractivity contribution in [2.45, 2.75) is 18.8 Å². The highest BCUT2D eigenvalue weighted by Gasteiger charge is 2.66. The molecule has 1 fully saturated rings. The minimum atomic E-state index is -5.08. The molecule has 1 N–H and O–H groups in total. The van der Waals surface area contributed by atoms with Crippen molar-refractivity contribution in [2.75, 3.05) is 39.8 Å². The molecule has 1 aromatic heterocycles. The van der Waals surface area contributed by atoms with E-state index in [-0.39, 0.29) is 25.3 Å². The summed E-state index contributed by atoms with van der Waals surface area (Å²) in [5.41, 5.74) is -3.34. The maximum absolute atomic E-state index is 14.1. The molecule has 1 aliphatic heterocycles. The molecule has 1 unspecified atom stereocenters. The maximum atomic E-state index is 14.1. The van der Waals surface area contributed by atoms with Crippen LogP contribution in [0.2, 0.25) is 0 Å². The average molecular weight is 374 g/mol. The topological polar surface area (TPSA) is 74.8 Å². The number of ether oxygens (including phenoxy) is 1. The molecule has 144 valence electrons. The Balaban J connectivity index is 2.44. The number of esters is 1. The number of carbonyl (C=O) groups is 2. The summed E-state index contributed by atoms with van der Waals surface area (Å²) in [4.78, 5) is 31.3. The highest BCUT2D eigenvalue weighted by molar-refractivity contribution is 5.98. The summed E-state index contributed by atoms with van der Waals surface area (Å²) in [6.07, 6.45) is -2.56. The summed E-state index contributed by atoms with van der Waals surface area (Å²) in [7, 11) is 1.77. The summed E-state index contributed by atoms with van der Waals surface area (Å²) in [6.45, 7) is 1.70. The summed E-state index contributed by atoms with van der Waals surface area (Å²) < 4.78 is 47.1. The average Bonchev–Trinajstić information content (AvgIpc) is 2.60. The molecule has 10 heteroatoms. The predicted octanol–water partition coefficient (Wildman–Crippen LogP) is 0.880. The molecule has 0 radical (unpaired) electrons. The molecule has 0 aliphatic carbocycles. The Morgan fingerprint density at radius 1 is 1.27 bits per heavy atom. The molecule has 26 heavy (non-hydrogen) atoms. The van der Waals surface area contributed by atoms with Crippen LogP contribution in [0.3, 0.4) is 0 Å². The Morgan fingerprint density at radius 3 is 2.42 bits per heavy atom. The van der Waals surface area contributed by atoms with Crippen molar-refractivity contribution < 1.29 is 27.5 Å². The van der Waals surface area contributed by atoms with E-state index in [0.29, 0.717) is 13.1 Å². The van der Waals surface area contributed by atoms with Crippen molar-refractivity contribution in [2.24, 2.45) is 0 Å². The third kappa shape index (κ3) is 3.96. The van der Waals surface area contributed by atoms with Crippen molar-refractivity contribution >= 4 is 11.9 Å². The summed E-state index contributed by atoms with van der Waals surface area (Å²) in [5.74, 6) is -2.60. The lowest BCUT2D eigenvalue weighted by molar-refractivity contribution is -0.249. The van der Waals surface area contributed by atoms with Crippen LogP contribution in [0.1, 0.15) is 17.3 Å². The van der Waals surface area contributed by atoms with E-state index >= 15 is 0 Å². The van der Waals surface area contributed by atoms with Gasteiger partial charge in [-0.05, 0) is 26.1 Å². The van der Waals surface area contributed by atoms with Gasteiger partial charge in [-0.2, -0.15) is 13.2 Å². The second kappa shape index (κ2) is 8.00.